The van der Waals surface area contributed by atoms with Crippen molar-refractivity contribution in [3.05, 3.63) is 59.2 Å². The van der Waals surface area contributed by atoms with Gasteiger partial charge in [0.25, 0.3) is 0 Å². The zero-order valence-corrected chi connectivity index (χ0v) is 28.3. The second kappa shape index (κ2) is 18.5. The van der Waals surface area contributed by atoms with Gasteiger partial charge >= 0.3 is 18.0 Å². The van der Waals surface area contributed by atoms with Crippen molar-refractivity contribution < 1.29 is 28.6 Å². The average molecular weight is 642 g/mol. The lowest BCUT2D eigenvalue weighted by atomic mass is 10.2. The molecule has 1 aliphatic heterocycles. The molecule has 0 aromatic carbocycles. The van der Waals surface area contributed by atoms with E-state index in [-0.39, 0.29) is 0 Å². The van der Waals surface area contributed by atoms with Crippen molar-refractivity contribution in [1.82, 2.24) is 34.9 Å². The van der Waals surface area contributed by atoms with E-state index in [2.05, 4.69) is 41.9 Å². The van der Waals surface area contributed by atoms with Crippen molar-refractivity contribution in [2.45, 2.75) is 45.9 Å². The van der Waals surface area contributed by atoms with Gasteiger partial charge in [-0.05, 0) is 65.0 Å². The first-order valence-electron chi connectivity index (χ1n) is 15.9. The highest BCUT2D eigenvalue weighted by Crippen LogP contribution is 2.10. The quantitative estimate of drug-likeness (QED) is 0.233. The highest BCUT2D eigenvalue weighted by atomic mass is 16.6. The molecular weight excluding hydrogens is 590 g/mol. The molecule has 2 aromatic heterocycles. The van der Waals surface area contributed by atoms with Crippen LogP contribution in [0.15, 0.2) is 36.4 Å². The Morgan fingerprint density at radius 2 is 1.20 bits per heavy atom. The largest absolute Gasteiger partial charge is 0.464 e. The van der Waals surface area contributed by atoms with Crippen molar-refractivity contribution in [3.8, 4) is 0 Å². The predicted molar refractivity (Wildman–Crippen MR) is 174 cm³/mol. The van der Waals surface area contributed by atoms with Gasteiger partial charge in [-0.25, -0.2) is 24.4 Å². The average Bonchev–Trinajstić information content (AvgIpc) is 3.02. The number of carbonyl (C=O) groups is 3. The van der Waals surface area contributed by atoms with E-state index < -0.39 is 23.6 Å². The summed E-state index contributed by atoms with van der Waals surface area (Å²) in [5.41, 5.74) is 1.70. The van der Waals surface area contributed by atoms with Crippen LogP contribution in [0.2, 0.25) is 0 Å². The van der Waals surface area contributed by atoms with Crippen molar-refractivity contribution in [2.24, 2.45) is 0 Å². The maximum Gasteiger partial charge on any atom is 0.407 e. The number of nitrogens with one attached hydrogen (secondary N) is 1. The summed E-state index contributed by atoms with van der Waals surface area (Å²) in [6, 6.07) is 10.9. The summed E-state index contributed by atoms with van der Waals surface area (Å²) >= 11 is 0. The van der Waals surface area contributed by atoms with Gasteiger partial charge in [0.1, 0.15) is 17.0 Å². The SMILES string of the molecule is COC(=O)c1cccc(CN2CCN(C)CCN(Cc3cccc(C(=O)OC)n3)CCN(CCCNC(=O)OC(C)(C)C)CC2)n1. The van der Waals surface area contributed by atoms with E-state index in [1.807, 2.05) is 45.0 Å². The number of aromatic nitrogens is 2. The van der Waals surface area contributed by atoms with Gasteiger partial charge in [0.15, 0.2) is 0 Å². The molecule has 2 aromatic rings. The zero-order chi connectivity index (χ0) is 33.5. The molecule has 3 heterocycles. The molecule has 1 N–H and O–H groups in total. The monoisotopic (exact) mass is 641 g/mol. The first-order valence-corrected chi connectivity index (χ1v) is 15.9. The van der Waals surface area contributed by atoms with E-state index in [1.54, 1.807) is 12.1 Å². The highest BCUT2D eigenvalue weighted by molar-refractivity contribution is 5.87. The number of rotatable bonds is 10. The van der Waals surface area contributed by atoms with Crippen LogP contribution in [0.3, 0.4) is 0 Å². The van der Waals surface area contributed by atoms with Crippen LogP contribution >= 0.6 is 0 Å². The minimum atomic E-state index is -0.543. The Bertz CT molecular complexity index is 1190. The lowest BCUT2D eigenvalue weighted by Crippen LogP contribution is -2.45. The van der Waals surface area contributed by atoms with Crippen LogP contribution in [0.5, 0.6) is 0 Å². The third kappa shape index (κ3) is 13.4. The normalized spacial score (nSPS) is 16.6. The van der Waals surface area contributed by atoms with Gasteiger partial charge in [-0.1, -0.05) is 12.1 Å². The molecule has 1 saturated heterocycles. The molecule has 254 valence electrons. The van der Waals surface area contributed by atoms with Crippen molar-refractivity contribution in [1.29, 1.82) is 0 Å². The van der Waals surface area contributed by atoms with E-state index in [1.165, 1.54) is 14.2 Å². The van der Waals surface area contributed by atoms with Gasteiger partial charge in [0.2, 0.25) is 0 Å². The second-order valence-corrected chi connectivity index (χ2v) is 12.5. The Kier molecular flexibility index (Phi) is 14.8. The fraction of sp³-hybridized carbons (Fsp3) is 0.606. The van der Waals surface area contributed by atoms with Crippen LogP contribution in [-0.2, 0) is 27.3 Å². The van der Waals surface area contributed by atoms with Crippen LogP contribution in [0.25, 0.3) is 0 Å². The molecule has 1 aliphatic rings. The number of methoxy groups -OCH3 is 2. The third-order valence-electron chi connectivity index (χ3n) is 7.55. The molecule has 13 heteroatoms. The summed E-state index contributed by atoms with van der Waals surface area (Å²) < 4.78 is 15.1. The molecule has 3 rings (SSSR count). The third-order valence-corrected chi connectivity index (χ3v) is 7.55. The van der Waals surface area contributed by atoms with Crippen LogP contribution in [0, 0.1) is 0 Å². The lowest BCUT2D eigenvalue weighted by Gasteiger charge is -2.33. The Morgan fingerprint density at radius 1 is 0.739 bits per heavy atom. The second-order valence-electron chi connectivity index (χ2n) is 12.5. The minimum Gasteiger partial charge on any atom is -0.464 e. The standard InChI is InChI=1S/C33H51N7O6/c1-33(2,3)46-32(43)34-14-9-15-38-20-22-39(24-26-10-7-12-28(35-26)30(41)44-5)18-16-37(4)17-19-40(23-21-38)25-27-11-8-13-29(36-27)31(42)45-6/h7-8,10-13H,9,14-25H2,1-6H3,(H,34,43). The first-order chi connectivity index (χ1) is 22.0. The molecule has 0 saturated carbocycles. The summed E-state index contributed by atoms with van der Waals surface area (Å²) in [7, 11) is 4.84. The molecule has 0 atom stereocenters. The number of esters is 2. The summed E-state index contributed by atoms with van der Waals surface area (Å²) in [5.74, 6) is -0.892. The van der Waals surface area contributed by atoms with Gasteiger partial charge < -0.3 is 29.3 Å². The molecule has 0 unspecified atom stereocenters. The summed E-state index contributed by atoms with van der Waals surface area (Å²) in [6.07, 6.45) is 0.360. The number of amides is 1. The van der Waals surface area contributed by atoms with Crippen LogP contribution in [0.4, 0.5) is 4.79 Å². The summed E-state index contributed by atoms with van der Waals surface area (Å²) in [6.45, 7) is 14.7. The molecule has 0 spiro atoms. The number of nitrogens with zero attached hydrogens (tertiary/aromatic N) is 6. The van der Waals surface area contributed by atoms with E-state index >= 15 is 0 Å². The number of ether oxygens (including phenoxy) is 3. The van der Waals surface area contributed by atoms with E-state index in [0.717, 1.165) is 76.7 Å². The Balaban J connectivity index is 1.70. The van der Waals surface area contributed by atoms with Crippen LogP contribution in [0.1, 0.15) is 59.6 Å². The molecular formula is C33H51N7O6. The molecule has 1 amide bonds. The fourth-order valence-electron chi connectivity index (χ4n) is 5.01. The zero-order valence-electron chi connectivity index (χ0n) is 28.3. The van der Waals surface area contributed by atoms with Gasteiger partial charge in [-0.3, -0.25) is 9.80 Å². The highest BCUT2D eigenvalue weighted by Gasteiger charge is 2.19. The molecule has 0 aliphatic carbocycles. The van der Waals surface area contributed by atoms with Crippen LogP contribution < -0.4 is 5.32 Å². The smallest absolute Gasteiger partial charge is 0.407 e. The number of hydrogen-bond donors (Lipinski definition) is 1. The number of pyridine rings is 2. The van der Waals surface area contributed by atoms with Gasteiger partial charge in [-0.15, -0.1) is 0 Å². The van der Waals surface area contributed by atoms with Crippen LogP contribution in [-0.4, -0.2) is 140 Å². The fourth-order valence-corrected chi connectivity index (χ4v) is 5.01. The molecule has 1 fully saturated rings. The van der Waals surface area contributed by atoms with Gasteiger partial charge in [-0.2, -0.15) is 0 Å². The topological polar surface area (TPSA) is 130 Å². The molecule has 0 radical (unpaired) electrons. The van der Waals surface area contributed by atoms with Gasteiger partial charge in [0, 0.05) is 72.0 Å². The van der Waals surface area contributed by atoms with Crippen molar-refractivity contribution >= 4 is 18.0 Å². The van der Waals surface area contributed by atoms with E-state index in [0.29, 0.717) is 31.0 Å². The van der Waals surface area contributed by atoms with Gasteiger partial charge in [0.05, 0.1) is 25.6 Å². The van der Waals surface area contributed by atoms with E-state index in [9.17, 15) is 14.4 Å². The van der Waals surface area contributed by atoms with Crippen molar-refractivity contribution in [2.75, 3.05) is 86.7 Å². The maximum atomic E-state index is 12.2. The number of carbonyl (C=O) groups excluding carboxylic acids is 3. The maximum absolute atomic E-state index is 12.2. The Morgan fingerprint density at radius 3 is 1.65 bits per heavy atom. The summed E-state index contributed by atoms with van der Waals surface area (Å²) in [4.78, 5) is 54.8. The molecule has 0 bridgehead atoms. The molecule has 13 nitrogen and oxygen atoms in total. The Hall–Kier alpha value is -3.65. The lowest BCUT2D eigenvalue weighted by molar-refractivity contribution is 0.0522. The first kappa shape index (κ1) is 36.8. The minimum absolute atomic E-state index is 0.303. The predicted octanol–water partition coefficient (Wildman–Crippen LogP) is 2.52. The van der Waals surface area contributed by atoms with Crippen molar-refractivity contribution in [3.63, 3.8) is 0 Å². The van der Waals surface area contributed by atoms with E-state index in [4.69, 9.17) is 14.2 Å². The summed E-state index contributed by atoms with van der Waals surface area (Å²) in [5, 5.41) is 2.87. The number of likely N-dealkylation sites (N-methyl/N-ethyl adjacent to an activating group) is 1. The molecule has 46 heavy (non-hydrogen) atoms. The number of alkyl carbamates (subject to hydrolysis) is 1. The Labute approximate surface area is 273 Å². The number of hydrogen-bond acceptors (Lipinski definition) is 12.